The molecule has 0 aliphatic rings. The number of benzene rings is 1. The molecular formula is C24H23FN4O. The number of hydrogen-bond acceptors (Lipinski definition) is 3. The minimum absolute atomic E-state index is 0.283. The Morgan fingerprint density at radius 2 is 2.00 bits per heavy atom. The van der Waals surface area contributed by atoms with Crippen LogP contribution in [0.5, 0.6) is 0 Å². The fraction of sp³-hybridized carbons (Fsp3) is 0.208. The molecule has 1 aromatic carbocycles. The number of carbonyl (C=O) groups excluding carboxylic acids is 1. The van der Waals surface area contributed by atoms with Crippen LogP contribution in [-0.4, -0.2) is 20.3 Å². The molecule has 0 fully saturated rings. The maximum absolute atomic E-state index is 14.5. The number of fused-ring (bicyclic) bond motifs is 1. The van der Waals surface area contributed by atoms with Crippen molar-refractivity contribution < 1.29 is 9.18 Å². The minimum atomic E-state index is -0.382. The third-order valence-electron chi connectivity index (χ3n) is 5.24. The number of aromatic nitrogens is 3. The van der Waals surface area contributed by atoms with Crippen LogP contribution in [-0.2, 0) is 19.3 Å². The zero-order chi connectivity index (χ0) is 21.1. The van der Waals surface area contributed by atoms with Gasteiger partial charge in [-0.15, -0.1) is 0 Å². The molecule has 1 amide bonds. The predicted molar refractivity (Wildman–Crippen MR) is 115 cm³/mol. The number of anilines is 1. The third kappa shape index (κ3) is 4.08. The van der Waals surface area contributed by atoms with E-state index in [0.717, 1.165) is 29.1 Å². The quantitative estimate of drug-likeness (QED) is 0.505. The van der Waals surface area contributed by atoms with E-state index < -0.39 is 0 Å². The first-order valence-corrected chi connectivity index (χ1v) is 10.0. The second-order valence-corrected chi connectivity index (χ2v) is 7.22. The van der Waals surface area contributed by atoms with Crippen molar-refractivity contribution in [3.05, 3.63) is 95.0 Å². The average molecular weight is 402 g/mol. The molecule has 4 aromatic rings. The summed E-state index contributed by atoms with van der Waals surface area (Å²) in [5.41, 5.74) is 5.32. The monoisotopic (exact) mass is 402 g/mol. The Labute approximate surface area is 174 Å². The van der Waals surface area contributed by atoms with Crippen molar-refractivity contribution in [3.63, 3.8) is 0 Å². The first kappa shape index (κ1) is 19.8. The van der Waals surface area contributed by atoms with Gasteiger partial charge in [0.2, 0.25) is 0 Å². The number of halogens is 1. The van der Waals surface area contributed by atoms with Gasteiger partial charge < -0.3 is 9.72 Å². The Morgan fingerprint density at radius 3 is 2.73 bits per heavy atom. The van der Waals surface area contributed by atoms with Crippen molar-refractivity contribution in [1.82, 2.24) is 14.4 Å². The SMILES string of the molecule is CCc1nc2ccc(NC(=O)c3ccc(CCc4ccccn4)c(F)c3)cn2c1C. The summed E-state index contributed by atoms with van der Waals surface area (Å²) < 4.78 is 16.5. The molecule has 5 nitrogen and oxygen atoms in total. The van der Waals surface area contributed by atoms with Gasteiger partial charge in [-0.05, 0) is 68.1 Å². The van der Waals surface area contributed by atoms with Crippen LogP contribution in [0.4, 0.5) is 10.1 Å². The Hall–Kier alpha value is -3.54. The molecule has 0 saturated heterocycles. The van der Waals surface area contributed by atoms with Gasteiger partial charge in [-0.2, -0.15) is 0 Å². The smallest absolute Gasteiger partial charge is 0.255 e. The number of amides is 1. The fourth-order valence-electron chi connectivity index (χ4n) is 3.52. The highest BCUT2D eigenvalue weighted by Crippen LogP contribution is 2.18. The van der Waals surface area contributed by atoms with Crippen molar-refractivity contribution in [2.45, 2.75) is 33.1 Å². The molecule has 0 bridgehead atoms. The number of pyridine rings is 2. The average Bonchev–Trinajstić information content (AvgIpc) is 3.09. The molecule has 3 aromatic heterocycles. The van der Waals surface area contributed by atoms with Crippen molar-refractivity contribution in [2.75, 3.05) is 5.32 Å². The van der Waals surface area contributed by atoms with Gasteiger partial charge in [0.25, 0.3) is 5.91 Å². The van der Waals surface area contributed by atoms with E-state index in [1.54, 1.807) is 24.4 Å². The van der Waals surface area contributed by atoms with E-state index in [2.05, 4.69) is 22.2 Å². The first-order chi connectivity index (χ1) is 14.5. The second-order valence-electron chi connectivity index (χ2n) is 7.22. The summed E-state index contributed by atoms with van der Waals surface area (Å²) in [6.45, 7) is 4.07. The van der Waals surface area contributed by atoms with Crippen LogP contribution in [0.15, 0.2) is 60.9 Å². The standard InChI is InChI=1S/C24H23FN4O/c1-3-22-16(2)29-15-20(11-12-23(29)28-22)27-24(30)18-8-7-17(21(25)14-18)9-10-19-6-4-5-13-26-19/h4-8,11-15H,3,9-10H2,1-2H3,(H,27,30). The third-order valence-corrected chi connectivity index (χ3v) is 5.24. The summed E-state index contributed by atoms with van der Waals surface area (Å²) in [7, 11) is 0. The van der Waals surface area contributed by atoms with E-state index in [-0.39, 0.29) is 17.3 Å². The van der Waals surface area contributed by atoms with Crippen molar-refractivity contribution in [2.24, 2.45) is 0 Å². The minimum Gasteiger partial charge on any atom is -0.321 e. The van der Waals surface area contributed by atoms with Gasteiger partial charge >= 0.3 is 0 Å². The van der Waals surface area contributed by atoms with Crippen LogP contribution in [0.25, 0.3) is 5.65 Å². The van der Waals surface area contributed by atoms with E-state index in [9.17, 15) is 9.18 Å². The van der Waals surface area contributed by atoms with E-state index in [4.69, 9.17) is 0 Å². The molecule has 4 rings (SSSR count). The van der Waals surface area contributed by atoms with Crippen LogP contribution in [0.3, 0.4) is 0 Å². The molecule has 0 saturated carbocycles. The van der Waals surface area contributed by atoms with Crippen LogP contribution in [0, 0.1) is 12.7 Å². The number of nitrogens with zero attached hydrogens (tertiary/aromatic N) is 3. The number of imidazole rings is 1. The van der Waals surface area contributed by atoms with Crippen molar-refractivity contribution >= 4 is 17.2 Å². The molecule has 0 spiro atoms. The summed E-state index contributed by atoms with van der Waals surface area (Å²) >= 11 is 0. The van der Waals surface area contributed by atoms with Gasteiger partial charge in [-0.3, -0.25) is 9.78 Å². The Balaban J connectivity index is 1.47. The van der Waals surface area contributed by atoms with Gasteiger partial charge in [0, 0.05) is 29.3 Å². The topological polar surface area (TPSA) is 59.3 Å². The molecule has 30 heavy (non-hydrogen) atoms. The fourth-order valence-corrected chi connectivity index (χ4v) is 3.52. The van der Waals surface area contributed by atoms with E-state index in [1.807, 2.05) is 41.8 Å². The molecule has 0 aliphatic carbocycles. The lowest BCUT2D eigenvalue weighted by Crippen LogP contribution is -2.13. The Bertz CT molecular complexity index is 1200. The van der Waals surface area contributed by atoms with Crippen LogP contribution >= 0.6 is 0 Å². The second kappa shape index (κ2) is 8.45. The highest BCUT2D eigenvalue weighted by molar-refractivity contribution is 6.04. The Morgan fingerprint density at radius 1 is 1.13 bits per heavy atom. The predicted octanol–water partition coefficient (Wildman–Crippen LogP) is 4.78. The first-order valence-electron chi connectivity index (χ1n) is 10.0. The number of hydrogen-bond donors (Lipinski definition) is 1. The lowest BCUT2D eigenvalue weighted by molar-refractivity contribution is 0.102. The van der Waals surface area contributed by atoms with Crippen LogP contribution < -0.4 is 5.32 Å². The van der Waals surface area contributed by atoms with Crippen LogP contribution in [0.2, 0.25) is 0 Å². The molecule has 0 atom stereocenters. The van der Waals surface area contributed by atoms with E-state index in [1.165, 1.54) is 6.07 Å². The van der Waals surface area contributed by atoms with Gasteiger partial charge in [0.05, 0.1) is 11.4 Å². The molecule has 1 N–H and O–H groups in total. The lowest BCUT2D eigenvalue weighted by atomic mass is 10.0. The highest BCUT2D eigenvalue weighted by atomic mass is 19.1. The van der Waals surface area contributed by atoms with Gasteiger partial charge in [-0.1, -0.05) is 19.1 Å². The summed E-state index contributed by atoms with van der Waals surface area (Å²) in [6, 6.07) is 14.0. The maximum Gasteiger partial charge on any atom is 0.255 e. The largest absolute Gasteiger partial charge is 0.321 e. The number of rotatable bonds is 6. The van der Waals surface area contributed by atoms with E-state index in [0.29, 0.717) is 24.1 Å². The summed E-state index contributed by atoms with van der Waals surface area (Å²) in [4.78, 5) is 21.5. The maximum atomic E-state index is 14.5. The summed E-state index contributed by atoms with van der Waals surface area (Å²) in [5, 5.41) is 2.85. The molecule has 0 aliphatic heterocycles. The van der Waals surface area contributed by atoms with E-state index >= 15 is 0 Å². The summed E-state index contributed by atoms with van der Waals surface area (Å²) in [5.74, 6) is -0.731. The number of carbonyl (C=O) groups is 1. The number of nitrogens with one attached hydrogen (secondary N) is 1. The molecule has 152 valence electrons. The van der Waals surface area contributed by atoms with Gasteiger partial charge in [-0.25, -0.2) is 9.37 Å². The zero-order valence-electron chi connectivity index (χ0n) is 17.0. The lowest BCUT2D eigenvalue weighted by Gasteiger charge is -2.09. The van der Waals surface area contributed by atoms with Crippen molar-refractivity contribution in [1.29, 1.82) is 0 Å². The van der Waals surface area contributed by atoms with Crippen molar-refractivity contribution in [3.8, 4) is 0 Å². The van der Waals surface area contributed by atoms with Gasteiger partial charge in [0.15, 0.2) is 0 Å². The molecular weight excluding hydrogens is 379 g/mol. The molecule has 6 heteroatoms. The normalized spacial score (nSPS) is 11.0. The molecule has 0 radical (unpaired) electrons. The molecule has 3 heterocycles. The highest BCUT2D eigenvalue weighted by Gasteiger charge is 2.12. The molecule has 0 unspecified atom stereocenters. The zero-order valence-corrected chi connectivity index (χ0v) is 17.0. The Kier molecular flexibility index (Phi) is 5.57. The van der Waals surface area contributed by atoms with Gasteiger partial charge in [0.1, 0.15) is 11.5 Å². The van der Waals surface area contributed by atoms with Crippen LogP contribution in [0.1, 0.15) is 39.9 Å². The number of aryl methyl sites for hydroxylation is 4. The summed E-state index contributed by atoms with van der Waals surface area (Å²) in [6.07, 6.45) is 5.59.